The Labute approximate surface area is 185 Å². The van der Waals surface area contributed by atoms with Crippen LogP contribution in [0.5, 0.6) is 11.5 Å². The van der Waals surface area contributed by atoms with E-state index >= 15 is 0 Å². The van der Waals surface area contributed by atoms with Gasteiger partial charge in [-0.15, -0.1) is 0 Å². The molecule has 9 nitrogen and oxygen atoms in total. The Balaban J connectivity index is 1.25. The van der Waals surface area contributed by atoms with Crippen LogP contribution in [0.15, 0.2) is 48.5 Å². The highest BCUT2D eigenvalue weighted by molar-refractivity contribution is 6.04. The summed E-state index contributed by atoms with van der Waals surface area (Å²) in [6.07, 6.45) is 0. The lowest BCUT2D eigenvalue weighted by molar-refractivity contribution is 0.102. The molecule has 3 aromatic rings. The standard InChI is InChI=1S/C23H23N5O4/c1-15-12-21(27-23(24-15)28-8-10-30-11-9-28)25-17-3-5-18(6-4-17)26-22(29)16-2-7-19-20(13-16)32-14-31-19/h2-7,12-13H,8-11,14H2,1H3,(H,26,29)(H,24,25,27). The first-order chi connectivity index (χ1) is 15.6. The minimum atomic E-state index is -0.217. The number of carbonyl (C=O) groups excluding carboxylic acids is 1. The van der Waals surface area contributed by atoms with Crippen molar-refractivity contribution in [1.29, 1.82) is 0 Å². The molecule has 32 heavy (non-hydrogen) atoms. The third kappa shape index (κ3) is 4.42. The number of hydrogen-bond acceptors (Lipinski definition) is 8. The first-order valence-electron chi connectivity index (χ1n) is 10.4. The van der Waals surface area contributed by atoms with Crippen molar-refractivity contribution in [3.8, 4) is 11.5 Å². The monoisotopic (exact) mass is 433 g/mol. The molecule has 164 valence electrons. The summed E-state index contributed by atoms with van der Waals surface area (Å²) in [5, 5.41) is 6.21. The first kappa shape index (κ1) is 20.1. The molecule has 2 N–H and O–H groups in total. The number of ether oxygens (including phenoxy) is 3. The van der Waals surface area contributed by atoms with Gasteiger partial charge < -0.3 is 29.7 Å². The van der Waals surface area contributed by atoms with Gasteiger partial charge in [0.25, 0.3) is 5.91 Å². The number of benzene rings is 2. The fourth-order valence-corrected chi connectivity index (χ4v) is 3.55. The van der Waals surface area contributed by atoms with Crippen LogP contribution in [0.4, 0.5) is 23.1 Å². The SMILES string of the molecule is Cc1cc(Nc2ccc(NC(=O)c3ccc4c(c3)OCO4)cc2)nc(N2CCOCC2)n1. The number of nitrogens with zero attached hydrogens (tertiary/aromatic N) is 3. The summed E-state index contributed by atoms with van der Waals surface area (Å²) in [5.41, 5.74) is 2.93. The number of nitrogens with one attached hydrogen (secondary N) is 2. The van der Waals surface area contributed by atoms with Crippen molar-refractivity contribution in [3.05, 3.63) is 59.8 Å². The van der Waals surface area contributed by atoms with E-state index in [1.54, 1.807) is 18.2 Å². The summed E-state index contributed by atoms with van der Waals surface area (Å²) < 4.78 is 16.0. The van der Waals surface area contributed by atoms with Crippen LogP contribution < -0.4 is 25.0 Å². The van der Waals surface area contributed by atoms with E-state index in [4.69, 9.17) is 14.2 Å². The van der Waals surface area contributed by atoms with E-state index in [1.807, 2.05) is 37.3 Å². The predicted octanol–water partition coefficient (Wildman–Crippen LogP) is 3.35. The van der Waals surface area contributed by atoms with Crippen LogP contribution in [0.1, 0.15) is 16.1 Å². The lowest BCUT2D eigenvalue weighted by Gasteiger charge is -2.27. The number of morpholine rings is 1. The highest BCUT2D eigenvalue weighted by Crippen LogP contribution is 2.32. The van der Waals surface area contributed by atoms with Gasteiger partial charge in [-0.25, -0.2) is 4.98 Å². The van der Waals surface area contributed by atoms with E-state index < -0.39 is 0 Å². The zero-order chi connectivity index (χ0) is 21.9. The van der Waals surface area contributed by atoms with Crippen LogP contribution in [-0.2, 0) is 4.74 Å². The number of rotatable bonds is 5. The number of carbonyl (C=O) groups is 1. The third-order valence-corrected chi connectivity index (χ3v) is 5.19. The van der Waals surface area contributed by atoms with Crippen molar-refractivity contribution >= 4 is 29.0 Å². The second-order valence-corrected chi connectivity index (χ2v) is 7.52. The Morgan fingerprint density at radius 1 is 0.938 bits per heavy atom. The molecule has 0 saturated carbocycles. The van der Waals surface area contributed by atoms with Crippen LogP contribution in [0, 0.1) is 6.92 Å². The van der Waals surface area contributed by atoms with Crippen LogP contribution in [0.3, 0.4) is 0 Å². The molecule has 3 heterocycles. The van der Waals surface area contributed by atoms with Crippen molar-refractivity contribution in [2.24, 2.45) is 0 Å². The fraction of sp³-hybridized carbons (Fsp3) is 0.261. The van der Waals surface area contributed by atoms with E-state index in [-0.39, 0.29) is 12.7 Å². The van der Waals surface area contributed by atoms with Crippen molar-refractivity contribution < 1.29 is 19.0 Å². The molecule has 9 heteroatoms. The molecule has 1 aromatic heterocycles. The predicted molar refractivity (Wildman–Crippen MR) is 120 cm³/mol. The number of hydrogen-bond donors (Lipinski definition) is 2. The van der Waals surface area contributed by atoms with Gasteiger partial charge in [-0.3, -0.25) is 4.79 Å². The Hall–Kier alpha value is -3.85. The van der Waals surface area contributed by atoms with Crippen molar-refractivity contribution in [1.82, 2.24) is 9.97 Å². The number of anilines is 4. The molecule has 1 amide bonds. The van der Waals surface area contributed by atoms with Crippen molar-refractivity contribution in [2.75, 3.05) is 48.6 Å². The highest BCUT2D eigenvalue weighted by Gasteiger charge is 2.17. The van der Waals surface area contributed by atoms with Gasteiger partial charge in [0.15, 0.2) is 11.5 Å². The maximum absolute atomic E-state index is 12.6. The maximum Gasteiger partial charge on any atom is 0.255 e. The smallest absolute Gasteiger partial charge is 0.255 e. The molecular weight excluding hydrogens is 410 g/mol. The van der Waals surface area contributed by atoms with Crippen LogP contribution in [0.2, 0.25) is 0 Å². The normalized spacial score (nSPS) is 14.8. The van der Waals surface area contributed by atoms with E-state index in [0.717, 1.165) is 30.3 Å². The summed E-state index contributed by atoms with van der Waals surface area (Å²) in [5.74, 6) is 2.42. The van der Waals surface area contributed by atoms with Gasteiger partial charge >= 0.3 is 0 Å². The minimum Gasteiger partial charge on any atom is -0.454 e. The lowest BCUT2D eigenvalue weighted by Crippen LogP contribution is -2.37. The molecule has 0 unspecified atom stereocenters. The fourth-order valence-electron chi connectivity index (χ4n) is 3.55. The van der Waals surface area contributed by atoms with E-state index in [9.17, 15) is 4.79 Å². The Morgan fingerprint density at radius 2 is 1.69 bits per heavy atom. The molecule has 0 aliphatic carbocycles. The Kier molecular flexibility index (Phi) is 5.47. The maximum atomic E-state index is 12.6. The van der Waals surface area contributed by atoms with Crippen LogP contribution in [0.25, 0.3) is 0 Å². The van der Waals surface area contributed by atoms with Gasteiger partial charge in [-0.05, 0) is 49.4 Å². The largest absolute Gasteiger partial charge is 0.454 e. The van der Waals surface area contributed by atoms with Crippen LogP contribution in [-0.4, -0.2) is 49.0 Å². The molecule has 5 rings (SSSR count). The number of aryl methyl sites for hydroxylation is 1. The first-order valence-corrected chi connectivity index (χ1v) is 10.4. The van der Waals surface area contributed by atoms with Crippen molar-refractivity contribution in [3.63, 3.8) is 0 Å². The zero-order valence-corrected chi connectivity index (χ0v) is 17.6. The number of aromatic nitrogens is 2. The molecule has 2 aromatic carbocycles. The van der Waals surface area contributed by atoms with Gasteiger partial charge in [0, 0.05) is 41.8 Å². The topological polar surface area (TPSA) is 97.8 Å². The third-order valence-electron chi connectivity index (χ3n) is 5.19. The average molecular weight is 433 g/mol. The van der Waals surface area contributed by atoms with Gasteiger partial charge in [0.2, 0.25) is 12.7 Å². The second-order valence-electron chi connectivity index (χ2n) is 7.52. The number of amides is 1. The van der Waals surface area contributed by atoms with Gasteiger partial charge in [-0.1, -0.05) is 0 Å². The Morgan fingerprint density at radius 3 is 2.50 bits per heavy atom. The van der Waals surface area contributed by atoms with E-state index in [0.29, 0.717) is 41.9 Å². The van der Waals surface area contributed by atoms with Gasteiger partial charge in [0.1, 0.15) is 5.82 Å². The summed E-state index contributed by atoms with van der Waals surface area (Å²) in [7, 11) is 0. The van der Waals surface area contributed by atoms with Crippen LogP contribution >= 0.6 is 0 Å². The second kappa shape index (κ2) is 8.72. The molecule has 1 saturated heterocycles. The Bertz CT molecular complexity index is 1130. The molecule has 1 fully saturated rings. The molecule has 0 radical (unpaired) electrons. The molecular formula is C23H23N5O4. The molecule has 0 spiro atoms. The molecule has 2 aliphatic heterocycles. The van der Waals surface area contributed by atoms with Crippen molar-refractivity contribution in [2.45, 2.75) is 6.92 Å². The minimum absolute atomic E-state index is 0.175. The summed E-state index contributed by atoms with van der Waals surface area (Å²) in [4.78, 5) is 23.9. The molecule has 2 aliphatic rings. The molecule has 0 bridgehead atoms. The number of fused-ring (bicyclic) bond motifs is 1. The summed E-state index contributed by atoms with van der Waals surface area (Å²) in [6, 6.07) is 14.5. The highest BCUT2D eigenvalue weighted by atomic mass is 16.7. The van der Waals surface area contributed by atoms with Gasteiger partial charge in [0.05, 0.1) is 13.2 Å². The summed E-state index contributed by atoms with van der Waals surface area (Å²) >= 11 is 0. The van der Waals surface area contributed by atoms with E-state index in [2.05, 4.69) is 25.5 Å². The molecule has 0 atom stereocenters. The lowest BCUT2D eigenvalue weighted by atomic mass is 10.2. The zero-order valence-electron chi connectivity index (χ0n) is 17.6. The quantitative estimate of drug-likeness (QED) is 0.632. The summed E-state index contributed by atoms with van der Waals surface area (Å²) in [6.45, 7) is 5.04. The van der Waals surface area contributed by atoms with E-state index in [1.165, 1.54) is 0 Å². The average Bonchev–Trinajstić information content (AvgIpc) is 3.28. The van der Waals surface area contributed by atoms with Gasteiger partial charge in [-0.2, -0.15) is 4.98 Å².